The van der Waals surface area contributed by atoms with Crippen LogP contribution in [0.5, 0.6) is 11.5 Å². The Balaban J connectivity index is 1.34. The fourth-order valence-electron chi connectivity index (χ4n) is 6.55. The third-order valence-electron chi connectivity index (χ3n) is 8.25. The van der Waals surface area contributed by atoms with E-state index in [1.165, 1.54) is 12.0 Å². The second kappa shape index (κ2) is 8.26. The highest BCUT2D eigenvalue weighted by Gasteiger charge is 2.67. The third kappa shape index (κ3) is 3.44. The van der Waals surface area contributed by atoms with Crippen LogP contribution < -0.4 is 14.8 Å². The molecule has 1 aliphatic heterocycles. The summed E-state index contributed by atoms with van der Waals surface area (Å²) in [5.74, 6) is 0.705. The number of carbonyl (C=O) groups excluding carboxylic acids is 3. The normalized spacial score (nSPS) is 30.5. The van der Waals surface area contributed by atoms with Crippen molar-refractivity contribution in [2.24, 2.45) is 35.5 Å². The average molecular weight is 473 g/mol. The van der Waals surface area contributed by atoms with Gasteiger partial charge in [-0.05, 0) is 47.8 Å². The first-order valence-corrected chi connectivity index (χ1v) is 12.1. The molecule has 7 heteroatoms. The van der Waals surface area contributed by atoms with Gasteiger partial charge in [-0.25, -0.2) is 0 Å². The lowest BCUT2D eigenvalue weighted by molar-refractivity contribution is -0.146. The van der Waals surface area contributed by atoms with Gasteiger partial charge in [-0.2, -0.15) is 0 Å². The van der Waals surface area contributed by atoms with E-state index < -0.39 is 11.9 Å². The van der Waals surface area contributed by atoms with Crippen molar-refractivity contribution in [2.45, 2.75) is 18.9 Å². The molecular formula is C28H28N2O5. The maximum atomic E-state index is 13.8. The van der Waals surface area contributed by atoms with Crippen molar-refractivity contribution in [2.75, 3.05) is 19.5 Å². The molecule has 180 valence electrons. The smallest absolute Gasteiger partial charge is 0.248 e. The number of imide groups is 1. The number of ether oxygens (including phenoxy) is 2. The Morgan fingerprint density at radius 3 is 2.23 bits per heavy atom. The van der Waals surface area contributed by atoms with Crippen LogP contribution in [-0.2, 0) is 20.8 Å². The maximum absolute atomic E-state index is 13.8. The van der Waals surface area contributed by atoms with Gasteiger partial charge in [0.25, 0.3) is 0 Å². The summed E-state index contributed by atoms with van der Waals surface area (Å²) in [5, 5.41) is 2.91. The summed E-state index contributed by atoms with van der Waals surface area (Å²) in [6, 6.07) is 13.6. The highest BCUT2D eigenvalue weighted by molar-refractivity contribution is 6.11. The van der Waals surface area contributed by atoms with Gasteiger partial charge in [0.1, 0.15) is 17.5 Å². The molecule has 0 radical (unpaired) electrons. The number of benzene rings is 2. The lowest BCUT2D eigenvalue weighted by Crippen LogP contribution is -2.49. The maximum Gasteiger partial charge on any atom is 0.248 e. The first-order chi connectivity index (χ1) is 17.0. The van der Waals surface area contributed by atoms with Gasteiger partial charge < -0.3 is 14.8 Å². The quantitative estimate of drug-likeness (QED) is 0.494. The topological polar surface area (TPSA) is 84.9 Å². The molecule has 1 heterocycles. The number of hydrogen-bond donors (Lipinski definition) is 1. The van der Waals surface area contributed by atoms with Crippen LogP contribution in [0.15, 0.2) is 60.7 Å². The fraction of sp³-hybridized carbons (Fsp3) is 0.393. The van der Waals surface area contributed by atoms with Crippen LogP contribution in [0.2, 0.25) is 0 Å². The second-order valence-electron chi connectivity index (χ2n) is 9.96. The highest BCUT2D eigenvalue weighted by atomic mass is 16.5. The summed E-state index contributed by atoms with van der Waals surface area (Å²) < 4.78 is 10.7. The van der Waals surface area contributed by atoms with E-state index in [1.807, 2.05) is 30.3 Å². The average Bonchev–Trinajstić information content (AvgIpc) is 3.66. The Morgan fingerprint density at radius 2 is 1.63 bits per heavy atom. The van der Waals surface area contributed by atoms with Crippen LogP contribution >= 0.6 is 0 Å². The molecule has 4 aliphatic carbocycles. The lowest BCUT2D eigenvalue weighted by Gasteiger charge is -2.37. The van der Waals surface area contributed by atoms with E-state index in [0.29, 0.717) is 29.0 Å². The second-order valence-corrected chi connectivity index (χ2v) is 9.96. The number of amides is 3. The molecule has 5 aliphatic rings. The summed E-state index contributed by atoms with van der Waals surface area (Å²) in [6.07, 6.45) is 5.62. The SMILES string of the molecule is COc1ccc(OC)c(NC(=O)[C@H](Cc2ccccc2)N2C(=O)[C@@H]3[C@H]4C=C[C@@H]([C@@H]5C[C@@H]45)[C@H]3C2=O)c1. The van der Waals surface area contributed by atoms with E-state index in [9.17, 15) is 14.4 Å². The van der Waals surface area contributed by atoms with Crippen molar-refractivity contribution >= 4 is 23.4 Å². The van der Waals surface area contributed by atoms with Crippen molar-refractivity contribution in [1.82, 2.24) is 4.90 Å². The van der Waals surface area contributed by atoms with Crippen LogP contribution in [-0.4, -0.2) is 42.9 Å². The van der Waals surface area contributed by atoms with Crippen LogP contribution in [0.25, 0.3) is 0 Å². The molecule has 7 atom stereocenters. The first-order valence-electron chi connectivity index (χ1n) is 12.1. The molecule has 7 nitrogen and oxygen atoms in total. The van der Waals surface area contributed by atoms with E-state index in [4.69, 9.17) is 9.47 Å². The van der Waals surface area contributed by atoms with E-state index >= 15 is 0 Å². The van der Waals surface area contributed by atoms with E-state index in [1.54, 1.807) is 25.3 Å². The molecule has 35 heavy (non-hydrogen) atoms. The molecule has 2 saturated carbocycles. The van der Waals surface area contributed by atoms with E-state index in [-0.39, 0.29) is 41.9 Å². The van der Waals surface area contributed by atoms with Gasteiger partial charge in [0.05, 0.1) is 31.7 Å². The van der Waals surface area contributed by atoms with Gasteiger partial charge in [-0.1, -0.05) is 42.5 Å². The summed E-state index contributed by atoms with van der Waals surface area (Å²) >= 11 is 0. The van der Waals surface area contributed by atoms with Gasteiger partial charge >= 0.3 is 0 Å². The van der Waals surface area contributed by atoms with Gasteiger partial charge in [0.15, 0.2) is 0 Å². The van der Waals surface area contributed by atoms with Crippen LogP contribution in [0, 0.1) is 35.5 Å². The molecule has 2 bridgehead atoms. The Kier molecular flexibility index (Phi) is 5.16. The van der Waals surface area contributed by atoms with Gasteiger partial charge in [0, 0.05) is 12.5 Å². The Labute approximate surface area is 204 Å². The predicted octanol–water partition coefficient (Wildman–Crippen LogP) is 3.31. The minimum atomic E-state index is -0.963. The standard InChI is InChI=1S/C28H28N2O5/c1-34-16-8-11-23(35-2)21(13-16)29-26(31)22(12-15-6-4-3-5-7-15)30-27(32)24-17-9-10-18(20-14-19(17)20)25(24)28(30)33/h3-11,13,17-20,22,24-25H,12,14H2,1-2H3,(H,29,31)/t17-,18-,19-,20-,22-,24+,25+/m0/s1. The molecule has 3 fully saturated rings. The van der Waals surface area contributed by atoms with Gasteiger partial charge in [-0.15, -0.1) is 0 Å². The van der Waals surface area contributed by atoms with Crippen molar-refractivity contribution in [1.29, 1.82) is 0 Å². The van der Waals surface area contributed by atoms with Crippen LogP contribution in [0.1, 0.15) is 12.0 Å². The number of hydrogen-bond acceptors (Lipinski definition) is 5. The number of rotatable bonds is 7. The monoisotopic (exact) mass is 472 g/mol. The first kappa shape index (κ1) is 21.9. The number of likely N-dealkylation sites (tertiary alicyclic amines) is 1. The van der Waals surface area contributed by atoms with E-state index in [2.05, 4.69) is 17.5 Å². The molecule has 0 aromatic heterocycles. The molecule has 3 amide bonds. The number of nitrogens with zero attached hydrogens (tertiary/aromatic N) is 1. The van der Waals surface area contributed by atoms with Gasteiger partial charge in [-0.3, -0.25) is 19.3 Å². The summed E-state index contributed by atoms with van der Waals surface area (Å²) in [7, 11) is 3.06. The molecule has 1 saturated heterocycles. The predicted molar refractivity (Wildman–Crippen MR) is 129 cm³/mol. The number of methoxy groups -OCH3 is 2. The Hall–Kier alpha value is -3.61. The number of allylic oxidation sites excluding steroid dienone is 2. The molecular weight excluding hydrogens is 444 g/mol. The van der Waals surface area contributed by atoms with Crippen molar-refractivity contribution in [3.8, 4) is 11.5 Å². The van der Waals surface area contributed by atoms with Crippen LogP contribution in [0.4, 0.5) is 5.69 Å². The largest absolute Gasteiger partial charge is 0.497 e. The van der Waals surface area contributed by atoms with E-state index in [0.717, 1.165) is 12.0 Å². The third-order valence-corrected chi connectivity index (χ3v) is 8.25. The number of anilines is 1. The van der Waals surface area contributed by atoms with Crippen molar-refractivity contribution in [3.63, 3.8) is 0 Å². The minimum Gasteiger partial charge on any atom is -0.497 e. The molecule has 2 aromatic rings. The minimum absolute atomic E-state index is 0.107. The highest BCUT2D eigenvalue weighted by Crippen LogP contribution is 2.65. The Morgan fingerprint density at radius 1 is 0.971 bits per heavy atom. The molecule has 0 spiro atoms. The molecule has 0 unspecified atom stereocenters. The fourth-order valence-corrected chi connectivity index (χ4v) is 6.55. The zero-order chi connectivity index (χ0) is 24.3. The van der Waals surface area contributed by atoms with Gasteiger partial charge in [0.2, 0.25) is 17.7 Å². The summed E-state index contributed by atoms with van der Waals surface area (Å²) in [6.45, 7) is 0. The van der Waals surface area contributed by atoms with Crippen molar-refractivity contribution < 1.29 is 23.9 Å². The zero-order valence-electron chi connectivity index (χ0n) is 19.7. The zero-order valence-corrected chi connectivity index (χ0v) is 19.7. The lowest BCUT2D eigenvalue weighted by atomic mass is 9.63. The molecule has 2 aromatic carbocycles. The summed E-state index contributed by atoms with van der Waals surface area (Å²) in [5.41, 5.74) is 1.30. The molecule has 7 rings (SSSR count). The number of nitrogens with one attached hydrogen (secondary N) is 1. The summed E-state index contributed by atoms with van der Waals surface area (Å²) in [4.78, 5) is 42.5. The Bertz CT molecular complexity index is 1190. The number of carbonyl (C=O) groups is 3. The molecule has 1 N–H and O–H groups in total. The van der Waals surface area contributed by atoms with Crippen LogP contribution in [0.3, 0.4) is 0 Å². The van der Waals surface area contributed by atoms with Crippen molar-refractivity contribution in [3.05, 3.63) is 66.2 Å².